The lowest BCUT2D eigenvalue weighted by Crippen LogP contribution is -2.49. The lowest BCUT2D eigenvalue weighted by Gasteiger charge is -2.38. The van der Waals surface area contributed by atoms with Gasteiger partial charge in [-0.25, -0.2) is 4.98 Å². The fraction of sp³-hybridized carbons (Fsp3) is 0.474. The number of fused-ring (bicyclic) bond motifs is 1. The van der Waals surface area contributed by atoms with Gasteiger partial charge in [0.25, 0.3) is 0 Å². The smallest absolute Gasteiger partial charge is 0.223 e. The van der Waals surface area contributed by atoms with Crippen molar-refractivity contribution in [2.75, 3.05) is 13.1 Å². The normalized spacial score (nSPS) is 15.0. The summed E-state index contributed by atoms with van der Waals surface area (Å²) in [4.78, 5) is 19.0. The van der Waals surface area contributed by atoms with E-state index in [0.29, 0.717) is 30.5 Å². The molecule has 0 unspecified atom stereocenters. The summed E-state index contributed by atoms with van der Waals surface area (Å²) in [5.41, 5.74) is 2.14. The first-order valence-electron chi connectivity index (χ1n) is 9.04. The molecule has 0 atom stereocenters. The Labute approximate surface area is 152 Å². The molecule has 4 rings (SSSR count). The number of hydrogen-bond acceptors (Lipinski definition) is 5. The van der Waals surface area contributed by atoms with Gasteiger partial charge in [0.05, 0.1) is 17.0 Å². The van der Waals surface area contributed by atoms with Crippen LogP contribution in [0.15, 0.2) is 28.7 Å². The number of hydrogen-bond donors (Lipinski definition) is 0. The number of benzene rings is 1. The molecular weight excluding hydrogens is 330 g/mol. The Hall–Kier alpha value is -2.70. The molecule has 1 aromatic carbocycles. The van der Waals surface area contributed by atoms with Gasteiger partial charge < -0.3 is 13.9 Å². The second-order valence-electron chi connectivity index (χ2n) is 7.20. The Morgan fingerprint density at radius 2 is 2.04 bits per heavy atom. The van der Waals surface area contributed by atoms with Crippen LogP contribution in [0.25, 0.3) is 11.0 Å². The maximum Gasteiger partial charge on any atom is 0.223 e. The van der Waals surface area contributed by atoms with Gasteiger partial charge in [0.2, 0.25) is 17.7 Å². The van der Waals surface area contributed by atoms with E-state index in [0.717, 1.165) is 29.9 Å². The Bertz CT molecular complexity index is 936. The zero-order chi connectivity index (χ0) is 18.3. The highest BCUT2D eigenvalue weighted by Gasteiger charge is 2.34. The molecule has 1 amide bonds. The lowest BCUT2D eigenvalue weighted by atomic mass is 9.98. The zero-order valence-corrected chi connectivity index (χ0v) is 15.3. The first-order valence-corrected chi connectivity index (χ1v) is 9.04. The minimum Gasteiger partial charge on any atom is -0.425 e. The molecule has 1 fully saturated rings. The maximum atomic E-state index is 12.4. The van der Waals surface area contributed by atoms with Crippen molar-refractivity contribution in [1.82, 2.24) is 24.6 Å². The first-order chi connectivity index (χ1) is 12.5. The summed E-state index contributed by atoms with van der Waals surface area (Å²) < 4.78 is 7.69. The highest BCUT2D eigenvalue weighted by atomic mass is 16.4. The standard InChI is InChI=1S/C19H23N5O2/c1-12(2)19-22-21-16(26-19)8-9-17(25)24-10-13(11-24)18-20-14-6-4-5-7-15(14)23(18)3/h4-7,12-13H,8-11H2,1-3H3. The molecule has 0 spiro atoms. The number of amides is 1. The summed E-state index contributed by atoms with van der Waals surface area (Å²) in [6.07, 6.45) is 0.890. The maximum absolute atomic E-state index is 12.4. The van der Waals surface area contributed by atoms with Crippen LogP contribution < -0.4 is 0 Å². The van der Waals surface area contributed by atoms with E-state index in [1.54, 1.807) is 0 Å². The van der Waals surface area contributed by atoms with Crippen molar-refractivity contribution < 1.29 is 9.21 Å². The summed E-state index contributed by atoms with van der Waals surface area (Å²) in [6.45, 7) is 5.45. The Kier molecular flexibility index (Phi) is 4.22. The Balaban J connectivity index is 1.33. The van der Waals surface area contributed by atoms with Gasteiger partial charge >= 0.3 is 0 Å². The van der Waals surface area contributed by atoms with E-state index in [1.807, 2.05) is 44.0 Å². The molecule has 0 saturated carbocycles. The van der Waals surface area contributed by atoms with E-state index in [4.69, 9.17) is 9.40 Å². The molecule has 1 aliphatic heterocycles. The predicted octanol–water partition coefficient (Wildman–Crippen LogP) is 2.64. The first kappa shape index (κ1) is 16.8. The van der Waals surface area contributed by atoms with Crippen LogP contribution in [0.4, 0.5) is 0 Å². The third kappa shape index (κ3) is 2.98. The molecular formula is C19H23N5O2. The van der Waals surface area contributed by atoms with Crippen LogP contribution in [0.2, 0.25) is 0 Å². The summed E-state index contributed by atoms with van der Waals surface area (Å²) in [5.74, 6) is 2.84. The van der Waals surface area contributed by atoms with Crippen LogP contribution in [-0.2, 0) is 18.3 Å². The molecule has 7 nitrogen and oxygen atoms in total. The monoisotopic (exact) mass is 353 g/mol. The molecule has 0 aliphatic carbocycles. The van der Waals surface area contributed by atoms with E-state index in [1.165, 1.54) is 0 Å². The van der Waals surface area contributed by atoms with E-state index in [-0.39, 0.29) is 11.8 Å². The van der Waals surface area contributed by atoms with E-state index < -0.39 is 0 Å². The Morgan fingerprint density at radius 3 is 2.73 bits per heavy atom. The highest BCUT2D eigenvalue weighted by molar-refractivity contribution is 5.78. The topological polar surface area (TPSA) is 77.1 Å². The lowest BCUT2D eigenvalue weighted by molar-refractivity contribution is -0.135. The Morgan fingerprint density at radius 1 is 1.27 bits per heavy atom. The van der Waals surface area contributed by atoms with Crippen LogP contribution in [0, 0.1) is 0 Å². The number of aromatic nitrogens is 4. The number of likely N-dealkylation sites (tertiary alicyclic amines) is 1. The van der Waals surface area contributed by atoms with Gasteiger partial charge in [-0.15, -0.1) is 10.2 Å². The molecule has 0 bridgehead atoms. The summed E-state index contributed by atoms with van der Waals surface area (Å²) >= 11 is 0. The average molecular weight is 353 g/mol. The van der Waals surface area contributed by atoms with E-state index in [9.17, 15) is 4.79 Å². The van der Waals surface area contributed by atoms with E-state index in [2.05, 4.69) is 20.8 Å². The number of carbonyl (C=O) groups is 1. The summed E-state index contributed by atoms with van der Waals surface area (Å²) in [7, 11) is 2.04. The van der Waals surface area contributed by atoms with Gasteiger partial charge in [0.1, 0.15) is 5.82 Å². The van der Waals surface area contributed by atoms with Gasteiger partial charge in [-0.1, -0.05) is 26.0 Å². The number of rotatable bonds is 5. The number of aryl methyl sites for hydroxylation is 2. The molecule has 26 heavy (non-hydrogen) atoms. The van der Waals surface area contributed by atoms with Gasteiger partial charge in [-0.2, -0.15) is 0 Å². The van der Waals surface area contributed by atoms with Crippen LogP contribution in [-0.4, -0.2) is 43.6 Å². The third-order valence-electron chi connectivity index (χ3n) is 4.95. The quantitative estimate of drug-likeness (QED) is 0.705. The van der Waals surface area contributed by atoms with Crippen LogP contribution in [0.1, 0.15) is 49.7 Å². The number of carbonyl (C=O) groups excluding carboxylic acids is 1. The van der Waals surface area contributed by atoms with Gasteiger partial charge in [-0.05, 0) is 12.1 Å². The molecule has 136 valence electrons. The number of imidazole rings is 1. The van der Waals surface area contributed by atoms with Crippen LogP contribution in [0.5, 0.6) is 0 Å². The minimum absolute atomic E-state index is 0.129. The number of para-hydroxylation sites is 2. The van der Waals surface area contributed by atoms with Crippen LogP contribution >= 0.6 is 0 Å². The SMILES string of the molecule is CC(C)c1nnc(CCC(=O)N2CC(c3nc4ccccc4n3C)C2)o1. The van der Waals surface area contributed by atoms with Crippen molar-refractivity contribution in [1.29, 1.82) is 0 Å². The van der Waals surface area contributed by atoms with Gasteiger partial charge in [0, 0.05) is 38.9 Å². The average Bonchev–Trinajstić information content (AvgIpc) is 3.18. The van der Waals surface area contributed by atoms with Crippen molar-refractivity contribution in [3.05, 3.63) is 41.9 Å². The molecule has 0 radical (unpaired) electrons. The highest BCUT2D eigenvalue weighted by Crippen LogP contribution is 2.29. The number of nitrogens with zero attached hydrogens (tertiary/aromatic N) is 5. The summed E-state index contributed by atoms with van der Waals surface area (Å²) in [6, 6.07) is 8.12. The summed E-state index contributed by atoms with van der Waals surface area (Å²) in [5, 5.41) is 8.01. The second kappa shape index (κ2) is 6.55. The zero-order valence-electron chi connectivity index (χ0n) is 15.3. The van der Waals surface area contributed by atoms with Crippen molar-refractivity contribution in [2.45, 2.75) is 38.5 Å². The molecule has 0 N–H and O–H groups in total. The third-order valence-corrected chi connectivity index (χ3v) is 4.95. The van der Waals surface area contributed by atoms with Crippen LogP contribution in [0.3, 0.4) is 0 Å². The minimum atomic E-state index is 0.129. The van der Waals surface area contributed by atoms with Crippen molar-refractivity contribution in [3.63, 3.8) is 0 Å². The molecule has 3 heterocycles. The van der Waals surface area contributed by atoms with Crippen molar-refractivity contribution in [2.24, 2.45) is 7.05 Å². The molecule has 2 aromatic heterocycles. The molecule has 7 heteroatoms. The van der Waals surface area contributed by atoms with Gasteiger partial charge in [-0.3, -0.25) is 4.79 Å². The molecule has 3 aromatic rings. The fourth-order valence-electron chi connectivity index (χ4n) is 3.35. The van der Waals surface area contributed by atoms with Crippen molar-refractivity contribution in [3.8, 4) is 0 Å². The van der Waals surface area contributed by atoms with E-state index >= 15 is 0 Å². The fourth-order valence-corrected chi connectivity index (χ4v) is 3.35. The molecule has 1 aliphatic rings. The molecule has 1 saturated heterocycles. The largest absolute Gasteiger partial charge is 0.425 e. The predicted molar refractivity (Wildman–Crippen MR) is 96.7 cm³/mol. The van der Waals surface area contributed by atoms with Crippen molar-refractivity contribution >= 4 is 16.9 Å². The second-order valence-corrected chi connectivity index (χ2v) is 7.20. The van der Waals surface area contributed by atoms with Gasteiger partial charge in [0.15, 0.2) is 0 Å².